The van der Waals surface area contributed by atoms with Crippen molar-refractivity contribution in [1.82, 2.24) is 30.0 Å². The van der Waals surface area contributed by atoms with Crippen LogP contribution >= 0.6 is 0 Å². The predicted molar refractivity (Wildman–Crippen MR) is 107 cm³/mol. The molecule has 1 fully saturated rings. The zero-order valence-corrected chi connectivity index (χ0v) is 15.9. The number of piperidine rings is 1. The van der Waals surface area contributed by atoms with Crippen molar-refractivity contribution in [2.75, 3.05) is 19.6 Å². The maximum Gasteiger partial charge on any atom is 0.253 e. The average molecular weight is 390 g/mol. The summed E-state index contributed by atoms with van der Waals surface area (Å²) < 4.78 is 3.47. The average Bonchev–Trinajstić information content (AvgIpc) is 3.29. The molecule has 1 aromatic carbocycles. The molecule has 0 radical (unpaired) electrons. The van der Waals surface area contributed by atoms with Crippen molar-refractivity contribution in [2.45, 2.75) is 18.4 Å². The monoisotopic (exact) mass is 390 g/mol. The molecule has 2 bridgehead atoms. The number of fused-ring (bicyclic) bond motifs is 4. The SMILES string of the molecule is O=C(NC[C@H]1[C@@H]2CNC[C@@H](C2)c2cccc(=O)n21)c1ccccc1-n1cncn1. The molecule has 2 aliphatic heterocycles. The Morgan fingerprint density at radius 3 is 2.93 bits per heavy atom. The van der Waals surface area contributed by atoms with Crippen molar-refractivity contribution in [2.24, 2.45) is 5.92 Å². The standard InChI is InChI=1S/C21H22N6O2/c28-20-7-3-6-17-14-8-15(10-22-9-14)19(27(17)20)11-24-21(29)16-4-1-2-5-18(16)26-13-23-12-25-26/h1-7,12-15,19,22H,8-11H2,(H,24,29)/t14-,15+,19+/m1/s1. The second-order valence-corrected chi connectivity index (χ2v) is 7.64. The van der Waals surface area contributed by atoms with Crippen LogP contribution in [0.3, 0.4) is 0 Å². The fourth-order valence-electron chi connectivity index (χ4n) is 4.66. The predicted octanol–water partition coefficient (Wildman–Crippen LogP) is 1.11. The summed E-state index contributed by atoms with van der Waals surface area (Å²) in [5.41, 5.74) is 2.25. The Labute approximate surface area is 167 Å². The van der Waals surface area contributed by atoms with E-state index < -0.39 is 0 Å². The molecule has 4 heterocycles. The van der Waals surface area contributed by atoms with Crippen LogP contribution < -0.4 is 16.2 Å². The van der Waals surface area contributed by atoms with Gasteiger partial charge in [-0.15, -0.1) is 0 Å². The van der Waals surface area contributed by atoms with Crippen LogP contribution in [-0.4, -0.2) is 44.9 Å². The Morgan fingerprint density at radius 1 is 1.17 bits per heavy atom. The summed E-state index contributed by atoms with van der Waals surface area (Å²) in [6.07, 6.45) is 4.04. The molecule has 1 amide bonds. The highest BCUT2D eigenvalue weighted by atomic mass is 16.2. The number of pyridine rings is 1. The first-order chi connectivity index (χ1) is 14.2. The van der Waals surface area contributed by atoms with Crippen molar-refractivity contribution in [3.8, 4) is 5.69 Å². The van der Waals surface area contributed by atoms with Crippen LogP contribution in [0.25, 0.3) is 5.69 Å². The van der Waals surface area contributed by atoms with Crippen molar-refractivity contribution >= 4 is 5.91 Å². The van der Waals surface area contributed by atoms with Gasteiger partial charge in [-0.2, -0.15) is 5.10 Å². The number of hydrogen-bond donors (Lipinski definition) is 2. The van der Waals surface area contributed by atoms with E-state index in [1.165, 1.54) is 6.33 Å². The van der Waals surface area contributed by atoms with Crippen molar-refractivity contribution in [1.29, 1.82) is 0 Å². The molecule has 29 heavy (non-hydrogen) atoms. The molecule has 2 N–H and O–H groups in total. The number of aromatic nitrogens is 4. The van der Waals surface area contributed by atoms with Gasteiger partial charge < -0.3 is 15.2 Å². The van der Waals surface area contributed by atoms with Gasteiger partial charge in [0.05, 0.1) is 17.3 Å². The third-order valence-corrected chi connectivity index (χ3v) is 5.99. The van der Waals surface area contributed by atoms with Crippen molar-refractivity contribution in [3.63, 3.8) is 0 Å². The van der Waals surface area contributed by atoms with E-state index in [4.69, 9.17) is 0 Å². The minimum atomic E-state index is -0.187. The van der Waals surface area contributed by atoms with E-state index in [1.54, 1.807) is 23.1 Å². The number of carbonyl (C=O) groups excluding carboxylic acids is 1. The Kier molecular flexibility index (Phi) is 4.48. The number of para-hydroxylation sites is 1. The number of benzene rings is 1. The minimum absolute atomic E-state index is 0.00126. The first-order valence-corrected chi connectivity index (χ1v) is 9.87. The third-order valence-electron chi connectivity index (χ3n) is 5.99. The first kappa shape index (κ1) is 17.8. The molecule has 148 valence electrons. The second-order valence-electron chi connectivity index (χ2n) is 7.64. The van der Waals surface area contributed by atoms with Gasteiger partial charge in [0, 0.05) is 37.3 Å². The highest BCUT2D eigenvalue weighted by Gasteiger charge is 2.37. The largest absolute Gasteiger partial charge is 0.350 e. The molecule has 2 aliphatic rings. The zero-order chi connectivity index (χ0) is 19.8. The number of hydrogen-bond acceptors (Lipinski definition) is 5. The maximum atomic E-state index is 13.0. The molecular weight excluding hydrogens is 368 g/mol. The van der Waals surface area contributed by atoms with E-state index in [0.717, 1.165) is 25.2 Å². The fourth-order valence-corrected chi connectivity index (χ4v) is 4.66. The van der Waals surface area contributed by atoms with E-state index in [2.05, 4.69) is 20.7 Å². The van der Waals surface area contributed by atoms with Gasteiger partial charge in [-0.3, -0.25) is 9.59 Å². The summed E-state index contributed by atoms with van der Waals surface area (Å²) in [4.78, 5) is 29.6. The summed E-state index contributed by atoms with van der Waals surface area (Å²) in [5, 5.41) is 10.7. The lowest BCUT2D eigenvalue weighted by molar-refractivity contribution is 0.0932. The van der Waals surface area contributed by atoms with Crippen LogP contribution in [-0.2, 0) is 0 Å². The first-order valence-electron chi connectivity index (χ1n) is 9.87. The highest BCUT2D eigenvalue weighted by Crippen LogP contribution is 2.38. The van der Waals surface area contributed by atoms with Gasteiger partial charge >= 0.3 is 0 Å². The topological polar surface area (TPSA) is 93.8 Å². The highest BCUT2D eigenvalue weighted by molar-refractivity contribution is 5.97. The van der Waals surface area contributed by atoms with Gasteiger partial charge in [-0.25, -0.2) is 9.67 Å². The van der Waals surface area contributed by atoms with Gasteiger partial charge in [-0.1, -0.05) is 18.2 Å². The molecule has 3 aromatic rings. The minimum Gasteiger partial charge on any atom is -0.350 e. The quantitative estimate of drug-likeness (QED) is 0.696. The van der Waals surface area contributed by atoms with Crippen molar-refractivity contribution in [3.05, 3.63) is 76.7 Å². The second kappa shape index (κ2) is 7.29. The van der Waals surface area contributed by atoms with E-state index in [1.807, 2.05) is 34.9 Å². The molecule has 5 rings (SSSR count). The smallest absolute Gasteiger partial charge is 0.253 e. The lowest BCUT2D eigenvalue weighted by atomic mass is 9.79. The summed E-state index contributed by atoms with van der Waals surface area (Å²) in [5.74, 6) is 0.474. The number of amides is 1. The maximum absolute atomic E-state index is 13.0. The summed E-state index contributed by atoms with van der Waals surface area (Å²) >= 11 is 0. The molecule has 2 aromatic heterocycles. The summed E-state index contributed by atoms with van der Waals surface area (Å²) in [6, 6.07) is 12.7. The molecule has 0 aliphatic carbocycles. The Hall–Kier alpha value is -3.26. The van der Waals surface area contributed by atoms with Gasteiger partial charge in [-0.05, 0) is 30.5 Å². The van der Waals surface area contributed by atoms with E-state index in [9.17, 15) is 9.59 Å². The molecule has 8 heteroatoms. The van der Waals surface area contributed by atoms with Gasteiger partial charge in [0.25, 0.3) is 11.5 Å². The lowest BCUT2D eigenvalue weighted by Gasteiger charge is -2.43. The number of nitrogens with zero attached hydrogens (tertiary/aromatic N) is 4. The van der Waals surface area contributed by atoms with Crippen LogP contribution in [0.5, 0.6) is 0 Å². The van der Waals surface area contributed by atoms with Crippen LogP contribution in [0.15, 0.2) is 59.9 Å². The molecule has 3 atom stereocenters. The Bertz CT molecular complexity index is 1090. The van der Waals surface area contributed by atoms with Gasteiger partial charge in [0.1, 0.15) is 12.7 Å². The molecule has 1 saturated heterocycles. The normalized spacial score (nSPS) is 22.7. The van der Waals surface area contributed by atoms with E-state index in [0.29, 0.717) is 29.6 Å². The molecule has 8 nitrogen and oxygen atoms in total. The molecule has 0 spiro atoms. The Morgan fingerprint density at radius 2 is 2.07 bits per heavy atom. The fraction of sp³-hybridized carbons (Fsp3) is 0.333. The van der Waals surface area contributed by atoms with Gasteiger partial charge in [0.15, 0.2) is 0 Å². The molecule has 0 unspecified atom stereocenters. The summed E-state index contributed by atoms with van der Waals surface area (Å²) in [6.45, 7) is 2.15. The number of rotatable bonds is 4. The third kappa shape index (κ3) is 3.15. The van der Waals surface area contributed by atoms with Crippen LogP contribution in [0, 0.1) is 5.92 Å². The van der Waals surface area contributed by atoms with Crippen LogP contribution in [0.2, 0.25) is 0 Å². The van der Waals surface area contributed by atoms with Crippen LogP contribution in [0.1, 0.15) is 34.4 Å². The lowest BCUT2D eigenvalue weighted by Crippen LogP contribution is -2.50. The molecular formula is C21H22N6O2. The molecule has 0 saturated carbocycles. The van der Waals surface area contributed by atoms with Gasteiger partial charge in [0.2, 0.25) is 0 Å². The number of carbonyl (C=O) groups is 1. The Balaban J connectivity index is 1.42. The zero-order valence-electron chi connectivity index (χ0n) is 15.9. The van der Waals surface area contributed by atoms with E-state index >= 15 is 0 Å². The summed E-state index contributed by atoms with van der Waals surface area (Å²) in [7, 11) is 0. The van der Waals surface area contributed by atoms with Crippen molar-refractivity contribution < 1.29 is 4.79 Å². The van der Waals surface area contributed by atoms with E-state index in [-0.39, 0.29) is 17.5 Å². The van der Waals surface area contributed by atoms with Crippen LogP contribution in [0.4, 0.5) is 0 Å². The number of nitrogens with one attached hydrogen (secondary N) is 2.